The summed E-state index contributed by atoms with van der Waals surface area (Å²) in [6.45, 7) is 3.53. The van der Waals surface area contributed by atoms with Crippen molar-refractivity contribution in [3.63, 3.8) is 0 Å². The first-order valence-corrected chi connectivity index (χ1v) is 13.6. The number of hydrogen-bond donors (Lipinski definition) is 3. The van der Waals surface area contributed by atoms with E-state index in [1.54, 1.807) is 0 Å². The molecular formula is C27H30N4O6S. The molecule has 10 nitrogen and oxygen atoms in total. The van der Waals surface area contributed by atoms with Crippen LogP contribution in [0.25, 0.3) is 0 Å². The van der Waals surface area contributed by atoms with Crippen LogP contribution in [0.15, 0.2) is 77.8 Å². The molecule has 3 amide bonds. The Bertz CT molecular complexity index is 1330. The highest BCUT2D eigenvalue weighted by Crippen LogP contribution is 2.12. The zero-order chi connectivity index (χ0) is 27.4. The molecule has 0 aliphatic heterocycles. The fourth-order valence-corrected chi connectivity index (χ4v) is 4.37. The van der Waals surface area contributed by atoms with E-state index in [-0.39, 0.29) is 22.1 Å². The van der Waals surface area contributed by atoms with Gasteiger partial charge in [-0.1, -0.05) is 30.3 Å². The second-order valence-corrected chi connectivity index (χ2v) is 9.87. The summed E-state index contributed by atoms with van der Waals surface area (Å²) in [6, 6.07) is 17.8. The Morgan fingerprint density at radius 3 is 2.16 bits per heavy atom. The number of hydrogen-bond acceptors (Lipinski definition) is 7. The van der Waals surface area contributed by atoms with Gasteiger partial charge in [-0.15, -0.1) is 0 Å². The molecule has 0 atom stereocenters. The van der Waals surface area contributed by atoms with Gasteiger partial charge in [-0.3, -0.25) is 19.4 Å². The van der Waals surface area contributed by atoms with Gasteiger partial charge >= 0.3 is 0 Å². The first-order chi connectivity index (χ1) is 18.3. The van der Waals surface area contributed by atoms with Crippen molar-refractivity contribution in [1.29, 1.82) is 0 Å². The molecule has 0 saturated carbocycles. The summed E-state index contributed by atoms with van der Waals surface area (Å²) in [7, 11) is -4.20. The van der Waals surface area contributed by atoms with Crippen LogP contribution < -0.4 is 15.4 Å². The smallest absolute Gasteiger partial charge is 0.269 e. The fourth-order valence-electron chi connectivity index (χ4n) is 3.40. The molecule has 3 aromatic rings. The molecule has 0 unspecified atom stereocenters. The minimum atomic E-state index is -4.20. The molecule has 38 heavy (non-hydrogen) atoms. The van der Waals surface area contributed by atoms with Crippen LogP contribution in [0, 0.1) is 0 Å². The lowest BCUT2D eigenvalue weighted by atomic mass is 10.1. The summed E-state index contributed by atoms with van der Waals surface area (Å²) >= 11 is 0. The second kappa shape index (κ2) is 14.0. The molecule has 0 aliphatic rings. The molecule has 0 aliphatic carbocycles. The van der Waals surface area contributed by atoms with E-state index in [2.05, 4.69) is 15.6 Å². The quantitative estimate of drug-likeness (QED) is 0.283. The van der Waals surface area contributed by atoms with Crippen LogP contribution in [0.4, 0.5) is 0 Å². The second-order valence-electron chi connectivity index (χ2n) is 8.19. The third-order valence-corrected chi connectivity index (χ3v) is 6.77. The molecular weight excluding hydrogens is 508 g/mol. The van der Waals surface area contributed by atoms with Crippen molar-refractivity contribution in [3.05, 3.63) is 95.3 Å². The number of sulfonamides is 1. The molecule has 0 bridgehead atoms. The van der Waals surface area contributed by atoms with Crippen LogP contribution in [0.2, 0.25) is 0 Å². The maximum atomic E-state index is 12.7. The minimum absolute atomic E-state index is 0.0362. The largest absolute Gasteiger partial charge is 0.380 e. The number of nitrogens with zero attached hydrogens (tertiary/aromatic N) is 1. The number of aromatic nitrogens is 1. The molecule has 0 radical (unpaired) electrons. The van der Waals surface area contributed by atoms with Crippen LogP contribution in [0.1, 0.15) is 50.1 Å². The Kier molecular flexibility index (Phi) is 10.5. The fraction of sp³-hybridized carbons (Fsp3) is 0.259. The van der Waals surface area contributed by atoms with E-state index in [4.69, 9.17) is 4.74 Å². The van der Waals surface area contributed by atoms with Gasteiger partial charge in [-0.25, -0.2) is 13.1 Å². The highest BCUT2D eigenvalue weighted by Gasteiger charge is 2.20. The summed E-state index contributed by atoms with van der Waals surface area (Å²) in [5, 5.41) is 5.43. The molecule has 11 heteroatoms. The Morgan fingerprint density at radius 2 is 1.50 bits per heavy atom. The van der Waals surface area contributed by atoms with Crippen LogP contribution in [0.3, 0.4) is 0 Å². The molecule has 3 rings (SSSR count). The zero-order valence-electron chi connectivity index (χ0n) is 21.0. The lowest BCUT2D eigenvalue weighted by molar-refractivity contribution is 0.0914. The summed E-state index contributed by atoms with van der Waals surface area (Å²) in [5.74, 6) is -1.66. The first kappa shape index (κ1) is 28.5. The van der Waals surface area contributed by atoms with E-state index < -0.39 is 21.8 Å². The minimum Gasteiger partial charge on any atom is -0.380 e. The Labute approximate surface area is 221 Å². The van der Waals surface area contributed by atoms with E-state index in [9.17, 15) is 22.8 Å². The molecule has 0 spiro atoms. The van der Waals surface area contributed by atoms with Gasteiger partial charge in [0.15, 0.2) is 0 Å². The molecule has 1 aromatic heterocycles. The number of nitrogens with one attached hydrogen (secondary N) is 3. The van der Waals surface area contributed by atoms with Crippen LogP contribution >= 0.6 is 0 Å². The average Bonchev–Trinajstić information content (AvgIpc) is 2.93. The third kappa shape index (κ3) is 8.49. The van der Waals surface area contributed by atoms with Gasteiger partial charge in [0, 0.05) is 31.5 Å². The number of carbonyl (C=O) groups excluding carboxylic acids is 3. The average molecular weight is 539 g/mol. The van der Waals surface area contributed by atoms with Gasteiger partial charge in [0.25, 0.3) is 27.7 Å². The van der Waals surface area contributed by atoms with Crippen molar-refractivity contribution in [3.8, 4) is 0 Å². The van der Waals surface area contributed by atoms with Crippen molar-refractivity contribution in [2.75, 3.05) is 26.3 Å². The van der Waals surface area contributed by atoms with Crippen LogP contribution in [0.5, 0.6) is 0 Å². The molecule has 1 heterocycles. The van der Waals surface area contributed by atoms with Crippen molar-refractivity contribution >= 4 is 27.7 Å². The van der Waals surface area contributed by atoms with E-state index >= 15 is 0 Å². The van der Waals surface area contributed by atoms with Gasteiger partial charge < -0.3 is 15.4 Å². The monoisotopic (exact) mass is 538 g/mol. The number of rotatable bonds is 13. The lowest BCUT2D eigenvalue weighted by Crippen LogP contribution is -2.31. The SMILES string of the molecule is CCOCCNC(=O)c1ccc(C(=O)NS(=O)(=O)c2ccc(C(=O)NCCCc3ccccc3)cc2)cn1. The van der Waals surface area contributed by atoms with Crippen molar-refractivity contribution in [1.82, 2.24) is 20.3 Å². The van der Waals surface area contributed by atoms with Gasteiger partial charge in [0.2, 0.25) is 0 Å². The van der Waals surface area contributed by atoms with E-state index in [1.807, 2.05) is 42.0 Å². The van der Waals surface area contributed by atoms with Gasteiger partial charge in [0.1, 0.15) is 5.69 Å². The lowest BCUT2D eigenvalue weighted by Gasteiger charge is -2.09. The summed E-state index contributed by atoms with van der Waals surface area (Å²) < 4.78 is 32.4. The third-order valence-electron chi connectivity index (χ3n) is 5.42. The van der Waals surface area contributed by atoms with E-state index in [0.29, 0.717) is 31.9 Å². The highest BCUT2D eigenvalue weighted by atomic mass is 32.2. The van der Waals surface area contributed by atoms with Crippen molar-refractivity contribution in [2.24, 2.45) is 0 Å². The van der Waals surface area contributed by atoms with Crippen molar-refractivity contribution < 1.29 is 27.5 Å². The number of pyridine rings is 1. The predicted molar refractivity (Wildman–Crippen MR) is 141 cm³/mol. The molecule has 200 valence electrons. The van der Waals surface area contributed by atoms with Gasteiger partial charge in [-0.05, 0) is 61.7 Å². The number of benzene rings is 2. The predicted octanol–water partition coefficient (Wildman–Crippen LogP) is 2.33. The van der Waals surface area contributed by atoms with Crippen LogP contribution in [-0.4, -0.2) is 57.4 Å². The van der Waals surface area contributed by atoms with Crippen molar-refractivity contribution in [2.45, 2.75) is 24.7 Å². The molecule has 2 aromatic carbocycles. The molecule has 0 fully saturated rings. The summed E-state index contributed by atoms with van der Waals surface area (Å²) in [4.78, 5) is 40.6. The van der Waals surface area contributed by atoms with Gasteiger partial charge in [-0.2, -0.15) is 0 Å². The Balaban J connectivity index is 1.51. The number of amides is 3. The highest BCUT2D eigenvalue weighted by molar-refractivity contribution is 7.90. The summed E-state index contributed by atoms with van der Waals surface area (Å²) in [6.07, 6.45) is 2.72. The summed E-state index contributed by atoms with van der Waals surface area (Å²) in [5.41, 5.74) is 1.53. The Hall–Kier alpha value is -4.09. The standard InChI is InChI=1S/C27H30N4O6S/c1-2-37-18-17-29-27(34)24-15-12-22(19-30-24)26(33)31-38(35,36)23-13-10-21(11-14-23)25(32)28-16-6-9-20-7-4-3-5-8-20/h3-5,7-8,10-15,19H,2,6,9,16-18H2,1H3,(H,28,32)(H,29,34)(H,31,33). The number of aryl methyl sites for hydroxylation is 1. The maximum Gasteiger partial charge on any atom is 0.269 e. The molecule has 0 saturated heterocycles. The number of ether oxygens (including phenoxy) is 1. The van der Waals surface area contributed by atoms with E-state index in [1.165, 1.54) is 42.0 Å². The maximum absolute atomic E-state index is 12.7. The molecule has 3 N–H and O–H groups in total. The first-order valence-electron chi connectivity index (χ1n) is 12.1. The van der Waals surface area contributed by atoms with E-state index in [0.717, 1.165) is 19.0 Å². The normalized spacial score (nSPS) is 11.0. The Morgan fingerprint density at radius 1 is 0.816 bits per heavy atom. The topological polar surface area (TPSA) is 144 Å². The number of carbonyl (C=O) groups is 3. The van der Waals surface area contributed by atoms with Crippen LogP contribution in [-0.2, 0) is 21.2 Å². The zero-order valence-corrected chi connectivity index (χ0v) is 21.8. The van der Waals surface area contributed by atoms with Gasteiger partial charge in [0.05, 0.1) is 17.1 Å².